The number of carboxylic acid groups (broad SMARTS) is 1. The zero-order valence-electron chi connectivity index (χ0n) is 30.9. The quantitative estimate of drug-likeness (QED) is 0.141. The zero-order chi connectivity index (χ0) is 38.9. The van der Waals surface area contributed by atoms with Crippen molar-refractivity contribution < 1.29 is 43.5 Å². The van der Waals surface area contributed by atoms with E-state index in [0.717, 1.165) is 43.2 Å². The third-order valence-corrected chi connectivity index (χ3v) is 11.3. The topological polar surface area (TPSA) is 204 Å². The highest BCUT2D eigenvalue weighted by molar-refractivity contribution is 5.92. The van der Waals surface area contributed by atoms with Crippen molar-refractivity contribution in [2.45, 2.75) is 102 Å². The van der Waals surface area contributed by atoms with Gasteiger partial charge in [0.1, 0.15) is 25.3 Å². The number of benzene rings is 2. The number of nitrogens with one attached hydrogen (secondary N) is 2. The van der Waals surface area contributed by atoms with Gasteiger partial charge in [0, 0.05) is 24.9 Å². The van der Waals surface area contributed by atoms with Crippen LogP contribution in [0.2, 0.25) is 0 Å². The second kappa shape index (κ2) is 18.5. The van der Waals surface area contributed by atoms with Crippen molar-refractivity contribution in [3.05, 3.63) is 71.8 Å². The number of hydrogen-bond acceptors (Lipinski definition) is 9. The molecular weight excluding hydrogens is 710 g/mol. The summed E-state index contributed by atoms with van der Waals surface area (Å²) in [5.41, 5.74) is 4.10. The van der Waals surface area contributed by atoms with E-state index in [2.05, 4.69) is 10.7 Å². The number of nitrogens with two attached hydrogens (primary N) is 1. The van der Waals surface area contributed by atoms with Crippen molar-refractivity contribution >= 4 is 35.6 Å². The average molecular weight is 762 g/mol. The van der Waals surface area contributed by atoms with Crippen LogP contribution in [0, 0.1) is 11.8 Å². The van der Waals surface area contributed by atoms with Crippen LogP contribution in [-0.4, -0.2) is 104 Å². The molecule has 296 valence electrons. The van der Waals surface area contributed by atoms with E-state index in [1.54, 1.807) is 4.90 Å². The molecule has 8 rings (SSSR count). The van der Waals surface area contributed by atoms with Gasteiger partial charge in [0.2, 0.25) is 11.8 Å². The predicted molar refractivity (Wildman–Crippen MR) is 197 cm³/mol. The monoisotopic (exact) mass is 761 g/mol. The minimum Gasteiger partial charge on any atom is -0.480 e. The molecular formula is C39H51N7O9. The van der Waals surface area contributed by atoms with Gasteiger partial charge in [-0.1, -0.05) is 73.5 Å². The van der Waals surface area contributed by atoms with Gasteiger partial charge in [-0.2, -0.15) is 10.1 Å². The van der Waals surface area contributed by atoms with E-state index in [9.17, 15) is 28.8 Å². The number of hydrazine groups is 1. The van der Waals surface area contributed by atoms with Crippen LogP contribution in [0.5, 0.6) is 0 Å². The standard InChI is InChI=1S/C20H25N3O4.C14H16N2O4.C5H10N2O/c24-18(15-7-4-8-15)11-21-19(25)17-10-9-16-12-22(17)20(26)23(16)27-13-14-5-2-1-3-6-14;17-13(18)12-7-6-11-8-15(12)14(19)16(11)20-9-10-4-2-1-3-5-10;6-7-5(8)4-2-1-3-4/h1-3,5-6,15-17H,4,7-13H2,(H,21,25);1-5,11-12H,6-9H2,(H,17,18);4H,1-3,6H2,(H,7,8)/t16-,17+;11-,12+;/m11./s1. The van der Waals surface area contributed by atoms with Crippen molar-refractivity contribution in [2.24, 2.45) is 17.7 Å². The first-order valence-electron chi connectivity index (χ1n) is 19.2. The molecule has 2 aromatic carbocycles. The maximum atomic E-state index is 12.7. The van der Waals surface area contributed by atoms with Crippen molar-refractivity contribution in [1.29, 1.82) is 0 Å². The SMILES string of the molecule is NNC(=O)C1CCC1.O=C(CNC(=O)[C@@H]1CC[C@@H]2CN1C(=O)N2OCc1ccccc1)C1CCC1.O=C(O)[C@@H]1CC[C@@H]2CN1C(=O)N2OCc1ccccc1. The minimum atomic E-state index is -0.943. The first kappa shape index (κ1) is 39.6. The van der Waals surface area contributed by atoms with Crippen molar-refractivity contribution in [1.82, 2.24) is 30.7 Å². The molecule has 4 aliphatic heterocycles. The molecule has 6 fully saturated rings. The average Bonchev–Trinajstić information content (AvgIpc) is 3.54. The maximum absolute atomic E-state index is 12.7. The third-order valence-electron chi connectivity index (χ3n) is 11.3. The van der Waals surface area contributed by atoms with Gasteiger partial charge in [-0.05, 0) is 62.5 Å². The highest BCUT2D eigenvalue weighted by atomic mass is 16.7. The Morgan fingerprint density at radius 2 is 1.13 bits per heavy atom. The summed E-state index contributed by atoms with van der Waals surface area (Å²) in [4.78, 5) is 85.4. The third kappa shape index (κ3) is 9.61. The van der Waals surface area contributed by atoms with Gasteiger partial charge < -0.3 is 20.2 Å². The summed E-state index contributed by atoms with van der Waals surface area (Å²) in [5, 5.41) is 14.6. The van der Waals surface area contributed by atoms with Gasteiger partial charge in [0.15, 0.2) is 5.78 Å². The van der Waals surface area contributed by atoms with Crippen LogP contribution < -0.4 is 16.6 Å². The fourth-order valence-electron chi connectivity index (χ4n) is 7.52. The summed E-state index contributed by atoms with van der Waals surface area (Å²) in [6, 6.07) is 17.4. The number of Topliss-reactive ketones (excluding diaryl/α,β-unsaturated/α-hetero) is 1. The second-order valence-electron chi connectivity index (χ2n) is 14.8. The lowest BCUT2D eigenvalue weighted by Gasteiger charge is -2.29. The molecule has 4 heterocycles. The Hall–Kier alpha value is -5.06. The summed E-state index contributed by atoms with van der Waals surface area (Å²) in [5.74, 6) is 4.13. The largest absolute Gasteiger partial charge is 0.480 e. The number of aliphatic carboxylic acids is 1. The molecule has 0 aromatic heterocycles. The van der Waals surface area contributed by atoms with E-state index in [-0.39, 0.29) is 60.1 Å². The molecule has 6 aliphatic rings. The Morgan fingerprint density at radius 3 is 1.55 bits per heavy atom. The fraction of sp³-hybridized carbons (Fsp3) is 0.538. The van der Waals surface area contributed by atoms with E-state index < -0.39 is 18.1 Å². The minimum absolute atomic E-state index is 0.00347. The number of carboxylic acids is 1. The molecule has 2 aliphatic carbocycles. The maximum Gasteiger partial charge on any atom is 0.345 e. The molecule has 2 aromatic rings. The van der Waals surface area contributed by atoms with E-state index in [4.69, 9.17) is 20.6 Å². The molecule has 55 heavy (non-hydrogen) atoms. The normalized spacial score (nSPS) is 24.1. The molecule has 16 heteroatoms. The smallest absolute Gasteiger partial charge is 0.345 e. The Labute approximate surface area is 320 Å². The van der Waals surface area contributed by atoms with Gasteiger partial charge in [-0.3, -0.25) is 29.5 Å². The van der Waals surface area contributed by atoms with Gasteiger partial charge in [0.05, 0.1) is 18.6 Å². The Morgan fingerprint density at radius 1 is 0.655 bits per heavy atom. The molecule has 0 spiro atoms. The van der Waals surface area contributed by atoms with Crippen molar-refractivity contribution in [2.75, 3.05) is 19.6 Å². The number of hydroxylamine groups is 4. The Kier molecular flexibility index (Phi) is 13.3. The zero-order valence-corrected chi connectivity index (χ0v) is 30.9. The molecule has 4 atom stereocenters. The molecule has 4 bridgehead atoms. The lowest BCUT2D eigenvalue weighted by atomic mass is 9.82. The van der Waals surface area contributed by atoms with Gasteiger partial charge in [-0.15, -0.1) is 0 Å². The molecule has 16 nitrogen and oxygen atoms in total. The number of urea groups is 2. The number of nitrogens with zero attached hydrogens (tertiary/aromatic N) is 4. The molecule has 6 amide bonds. The van der Waals surface area contributed by atoms with E-state index >= 15 is 0 Å². The van der Waals surface area contributed by atoms with E-state index in [1.165, 1.54) is 21.4 Å². The van der Waals surface area contributed by atoms with Crippen LogP contribution in [0.25, 0.3) is 0 Å². The molecule has 0 radical (unpaired) electrons. The van der Waals surface area contributed by atoms with Crippen molar-refractivity contribution in [3.8, 4) is 0 Å². The summed E-state index contributed by atoms with van der Waals surface area (Å²) < 4.78 is 0. The van der Waals surface area contributed by atoms with Gasteiger partial charge in [-0.25, -0.2) is 20.2 Å². The Bertz CT molecular complexity index is 1670. The number of carbonyl (C=O) groups is 6. The number of ketones is 1. The molecule has 4 saturated heterocycles. The first-order chi connectivity index (χ1) is 26.6. The summed E-state index contributed by atoms with van der Waals surface area (Å²) >= 11 is 0. The van der Waals surface area contributed by atoms with Crippen LogP contribution in [0.1, 0.15) is 75.3 Å². The number of amides is 6. The summed E-state index contributed by atoms with van der Waals surface area (Å²) in [6.45, 7) is 1.63. The number of fused-ring (bicyclic) bond motifs is 4. The number of hydrogen-bond donors (Lipinski definition) is 4. The highest BCUT2D eigenvalue weighted by Crippen LogP contribution is 2.32. The van der Waals surface area contributed by atoms with Crippen LogP contribution in [0.15, 0.2) is 60.7 Å². The summed E-state index contributed by atoms with van der Waals surface area (Å²) in [7, 11) is 0. The van der Waals surface area contributed by atoms with Crippen LogP contribution in [0.3, 0.4) is 0 Å². The number of carbonyl (C=O) groups excluding carboxylic acids is 5. The van der Waals surface area contributed by atoms with Crippen LogP contribution in [-0.2, 0) is 42.1 Å². The highest BCUT2D eigenvalue weighted by Gasteiger charge is 2.49. The van der Waals surface area contributed by atoms with E-state index in [0.29, 0.717) is 52.0 Å². The first-order valence-corrected chi connectivity index (χ1v) is 19.2. The van der Waals surface area contributed by atoms with Gasteiger partial charge >= 0.3 is 18.0 Å². The van der Waals surface area contributed by atoms with Gasteiger partial charge in [0.25, 0.3) is 0 Å². The number of piperidine rings is 2. The lowest BCUT2D eigenvalue weighted by molar-refractivity contribution is -0.143. The van der Waals surface area contributed by atoms with E-state index in [1.807, 2.05) is 60.7 Å². The summed E-state index contributed by atoms with van der Waals surface area (Å²) in [6.07, 6.45) is 8.61. The molecule has 0 unspecified atom stereocenters. The van der Waals surface area contributed by atoms with Crippen LogP contribution in [0.4, 0.5) is 9.59 Å². The second-order valence-corrected chi connectivity index (χ2v) is 14.8. The lowest BCUT2D eigenvalue weighted by Crippen LogP contribution is -2.51. The number of rotatable bonds is 12. The predicted octanol–water partition coefficient (Wildman–Crippen LogP) is 3.12. The molecule has 5 N–H and O–H groups in total. The molecule has 2 saturated carbocycles. The Balaban J connectivity index is 0.000000160. The van der Waals surface area contributed by atoms with Crippen LogP contribution >= 0.6 is 0 Å². The fourth-order valence-corrected chi connectivity index (χ4v) is 7.52. The van der Waals surface area contributed by atoms with Crippen molar-refractivity contribution in [3.63, 3.8) is 0 Å².